The predicted molar refractivity (Wildman–Crippen MR) is 84.7 cm³/mol. The first-order chi connectivity index (χ1) is 9.06. The second-order valence-electron chi connectivity index (χ2n) is 6.31. The Hall–Kier alpha value is -0.120. The van der Waals surface area contributed by atoms with Gasteiger partial charge in [-0.1, -0.05) is 13.8 Å². The van der Waals surface area contributed by atoms with Gasteiger partial charge in [-0.05, 0) is 66.2 Å². The van der Waals surface area contributed by atoms with E-state index in [1.807, 2.05) is 0 Å². The molecule has 1 aliphatic heterocycles. The van der Waals surface area contributed by atoms with Crippen molar-refractivity contribution in [3.8, 4) is 0 Å². The van der Waals surface area contributed by atoms with Crippen LogP contribution in [0.15, 0.2) is 0 Å². The molecule has 0 amide bonds. The fourth-order valence-corrected chi connectivity index (χ4v) is 3.04. The van der Waals surface area contributed by atoms with Crippen LogP contribution in [0.2, 0.25) is 0 Å². The van der Waals surface area contributed by atoms with E-state index in [0.717, 1.165) is 0 Å². The van der Waals surface area contributed by atoms with E-state index in [9.17, 15) is 0 Å². The molecule has 19 heavy (non-hydrogen) atoms. The quantitative estimate of drug-likeness (QED) is 0.694. The van der Waals surface area contributed by atoms with Gasteiger partial charge in [0.15, 0.2) is 0 Å². The predicted octanol–water partition coefficient (Wildman–Crippen LogP) is 2.57. The molecule has 1 saturated heterocycles. The average Bonchev–Trinajstić information content (AvgIpc) is 2.83. The molecule has 1 N–H and O–H groups in total. The van der Waals surface area contributed by atoms with Crippen molar-refractivity contribution < 1.29 is 0 Å². The monoisotopic (exact) mass is 269 g/mol. The maximum absolute atomic E-state index is 3.81. The van der Waals surface area contributed by atoms with Gasteiger partial charge in [0.2, 0.25) is 0 Å². The normalized spacial score (nSPS) is 22.6. The Morgan fingerprint density at radius 3 is 2.42 bits per heavy atom. The van der Waals surface area contributed by atoms with Gasteiger partial charge in [-0.2, -0.15) is 0 Å². The molecule has 1 heterocycles. The summed E-state index contributed by atoms with van der Waals surface area (Å²) >= 11 is 0. The molecule has 0 saturated carbocycles. The molecule has 2 unspecified atom stereocenters. The second-order valence-corrected chi connectivity index (χ2v) is 6.31. The summed E-state index contributed by atoms with van der Waals surface area (Å²) in [5.74, 6) is 0. The first kappa shape index (κ1) is 16.9. The fraction of sp³-hybridized carbons (Fsp3) is 1.00. The molecule has 1 aliphatic rings. The highest BCUT2D eigenvalue weighted by molar-refractivity contribution is 4.84. The zero-order chi connectivity index (χ0) is 14.3. The Bertz CT molecular complexity index is 226. The average molecular weight is 269 g/mol. The lowest BCUT2D eigenvalue weighted by molar-refractivity contribution is 0.262. The molecule has 1 rings (SSSR count). The SMILES string of the molecule is CCN(CC)CCCC(C)NC1CCN(C(C)C)C1. The zero-order valence-electron chi connectivity index (χ0n) is 13.8. The lowest BCUT2D eigenvalue weighted by Gasteiger charge is -2.23. The van der Waals surface area contributed by atoms with Gasteiger partial charge in [-0.25, -0.2) is 0 Å². The molecular formula is C16H35N3. The molecule has 0 radical (unpaired) electrons. The van der Waals surface area contributed by atoms with E-state index in [1.165, 1.54) is 52.0 Å². The van der Waals surface area contributed by atoms with E-state index in [0.29, 0.717) is 18.1 Å². The first-order valence-electron chi connectivity index (χ1n) is 8.29. The van der Waals surface area contributed by atoms with E-state index in [1.54, 1.807) is 0 Å². The van der Waals surface area contributed by atoms with Crippen LogP contribution in [0.25, 0.3) is 0 Å². The van der Waals surface area contributed by atoms with Crippen molar-refractivity contribution in [2.75, 3.05) is 32.7 Å². The summed E-state index contributed by atoms with van der Waals surface area (Å²) in [6, 6.07) is 2.07. The lowest BCUT2D eigenvalue weighted by atomic mass is 10.1. The number of rotatable bonds is 9. The van der Waals surface area contributed by atoms with E-state index in [-0.39, 0.29) is 0 Å². The molecule has 0 aromatic carbocycles. The third kappa shape index (κ3) is 6.24. The Labute approximate surface area is 120 Å². The van der Waals surface area contributed by atoms with Gasteiger partial charge >= 0.3 is 0 Å². The number of hydrogen-bond acceptors (Lipinski definition) is 3. The summed E-state index contributed by atoms with van der Waals surface area (Å²) in [6.07, 6.45) is 3.93. The molecule has 0 aromatic rings. The smallest absolute Gasteiger partial charge is 0.0209 e. The van der Waals surface area contributed by atoms with Gasteiger partial charge in [-0.15, -0.1) is 0 Å². The van der Waals surface area contributed by atoms with Crippen LogP contribution < -0.4 is 5.32 Å². The standard InChI is InChI=1S/C16H35N3/c1-6-18(7-2)11-8-9-15(5)17-16-10-12-19(13-16)14(3)4/h14-17H,6-13H2,1-5H3. The van der Waals surface area contributed by atoms with Crippen molar-refractivity contribution in [3.05, 3.63) is 0 Å². The molecule has 3 heteroatoms. The van der Waals surface area contributed by atoms with E-state index in [4.69, 9.17) is 0 Å². The summed E-state index contributed by atoms with van der Waals surface area (Å²) in [4.78, 5) is 5.10. The van der Waals surface area contributed by atoms with Crippen LogP contribution in [0.5, 0.6) is 0 Å². The first-order valence-corrected chi connectivity index (χ1v) is 8.29. The molecule has 3 nitrogen and oxygen atoms in total. The molecule has 1 fully saturated rings. The Morgan fingerprint density at radius 2 is 1.89 bits per heavy atom. The van der Waals surface area contributed by atoms with Gasteiger partial charge in [0.05, 0.1) is 0 Å². The van der Waals surface area contributed by atoms with Crippen LogP contribution in [0, 0.1) is 0 Å². The van der Waals surface area contributed by atoms with E-state index < -0.39 is 0 Å². The van der Waals surface area contributed by atoms with E-state index in [2.05, 4.69) is 49.7 Å². The maximum atomic E-state index is 3.81. The van der Waals surface area contributed by atoms with Crippen LogP contribution in [0.1, 0.15) is 53.9 Å². The third-order valence-corrected chi connectivity index (χ3v) is 4.48. The summed E-state index contributed by atoms with van der Waals surface area (Å²) < 4.78 is 0. The summed E-state index contributed by atoms with van der Waals surface area (Å²) in [6.45, 7) is 17.6. The molecule has 0 aromatic heterocycles. The highest BCUT2D eigenvalue weighted by atomic mass is 15.2. The minimum atomic E-state index is 0.660. The molecule has 0 bridgehead atoms. The molecule has 2 atom stereocenters. The molecule has 114 valence electrons. The Morgan fingerprint density at radius 1 is 1.21 bits per heavy atom. The van der Waals surface area contributed by atoms with Gasteiger partial charge in [-0.3, -0.25) is 4.90 Å². The highest BCUT2D eigenvalue weighted by Crippen LogP contribution is 2.13. The molecule has 0 aliphatic carbocycles. The summed E-state index contributed by atoms with van der Waals surface area (Å²) in [5.41, 5.74) is 0. The fourth-order valence-electron chi connectivity index (χ4n) is 3.04. The number of likely N-dealkylation sites (tertiary alicyclic amines) is 1. The zero-order valence-corrected chi connectivity index (χ0v) is 13.8. The van der Waals surface area contributed by atoms with Gasteiger partial charge in [0.25, 0.3) is 0 Å². The van der Waals surface area contributed by atoms with Crippen molar-refractivity contribution >= 4 is 0 Å². The van der Waals surface area contributed by atoms with E-state index >= 15 is 0 Å². The van der Waals surface area contributed by atoms with Crippen molar-refractivity contribution in [2.45, 2.75) is 72.0 Å². The van der Waals surface area contributed by atoms with Crippen molar-refractivity contribution in [2.24, 2.45) is 0 Å². The minimum absolute atomic E-state index is 0.660. The van der Waals surface area contributed by atoms with Gasteiger partial charge in [0, 0.05) is 24.7 Å². The van der Waals surface area contributed by atoms with Crippen molar-refractivity contribution in [1.29, 1.82) is 0 Å². The van der Waals surface area contributed by atoms with Crippen LogP contribution >= 0.6 is 0 Å². The molecule has 0 spiro atoms. The second kappa shape index (κ2) is 8.93. The lowest BCUT2D eigenvalue weighted by Crippen LogP contribution is -2.40. The summed E-state index contributed by atoms with van der Waals surface area (Å²) in [5, 5.41) is 3.81. The van der Waals surface area contributed by atoms with Crippen molar-refractivity contribution in [3.63, 3.8) is 0 Å². The highest BCUT2D eigenvalue weighted by Gasteiger charge is 2.24. The number of hydrogen-bond donors (Lipinski definition) is 1. The number of nitrogens with zero attached hydrogens (tertiary/aromatic N) is 2. The van der Waals surface area contributed by atoms with Gasteiger partial charge in [0.1, 0.15) is 0 Å². The minimum Gasteiger partial charge on any atom is -0.310 e. The molecular weight excluding hydrogens is 234 g/mol. The maximum Gasteiger partial charge on any atom is 0.0209 e. The Kier molecular flexibility index (Phi) is 7.96. The number of nitrogens with one attached hydrogen (secondary N) is 1. The summed E-state index contributed by atoms with van der Waals surface area (Å²) in [7, 11) is 0. The Balaban J connectivity index is 2.13. The van der Waals surface area contributed by atoms with Crippen LogP contribution in [0.3, 0.4) is 0 Å². The van der Waals surface area contributed by atoms with Gasteiger partial charge < -0.3 is 10.2 Å². The largest absolute Gasteiger partial charge is 0.310 e. The third-order valence-electron chi connectivity index (χ3n) is 4.48. The van der Waals surface area contributed by atoms with Crippen LogP contribution in [-0.2, 0) is 0 Å². The topological polar surface area (TPSA) is 18.5 Å². The van der Waals surface area contributed by atoms with Crippen LogP contribution in [0.4, 0.5) is 0 Å². The van der Waals surface area contributed by atoms with Crippen LogP contribution in [-0.4, -0.2) is 60.6 Å². The van der Waals surface area contributed by atoms with Crippen molar-refractivity contribution in [1.82, 2.24) is 15.1 Å².